The molecule has 1 saturated heterocycles. The van der Waals surface area contributed by atoms with E-state index in [1.54, 1.807) is 0 Å². The van der Waals surface area contributed by atoms with Crippen molar-refractivity contribution in [3.05, 3.63) is 35.4 Å². The highest BCUT2D eigenvalue weighted by atomic mass is 16.5. The lowest BCUT2D eigenvalue weighted by Crippen LogP contribution is -2.13. The molecule has 20 heavy (non-hydrogen) atoms. The van der Waals surface area contributed by atoms with Gasteiger partial charge >= 0.3 is 0 Å². The Labute approximate surface area is 122 Å². The fourth-order valence-corrected chi connectivity index (χ4v) is 3.80. The summed E-state index contributed by atoms with van der Waals surface area (Å²) in [5, 5.41) is 10.7. The molecule has 1 fully saturated rings. The second kappa shape index (κ2) is 6.73. The summed E-state index contributed by atoms with van der Waals surface area (Å²) in [5.41, 5.74) is 2.52. The van der Waals surface area contributed by atoms with Crippen LogP contribution in [0.3, 0.4) is 0 Å². The van der Waals surface area contributed by atoms with Gasteiger partial charge in [-0.15, -0.1) is 0 Å². The number of ether oxygens (including phenoxy) is 1. The van der Waals surface area contributed by atoms with Gasteiger partial charge in [0.1, 0.15) is 0 Å². The maximum Gasteiger partial charge on any atom is 0.0820 e. The van der Waals surface area contributed by atoms with Gasteiger partial charge in [-0.25, -0.2) is 0 Å². The molecule has 3 rings (SSSR count). The van der Waals surface area contributed by atoms with Crippen LogP contribution < -0.4 is 0 Å². The zero-order valence-corrected chi connectivity index (χ0v) is 12.3. The first-order chi connectivity index (χ1) is 9.84. The quantitative estimate of drug-likeness (QED) is 0.840. The summed E-state index contributed by atoms with van der Waals surface area (Å²) in [5.74, 6) is 0.431. The van der Waals surface area contributed by atoms with Crippen LogP contribution in [0, 0.1) is 5.92 Å². The molecule has 3 unspecified atom stereocenters. The van der Waals surface area contributed by atoms with Crippen molar-refractivity contribution in [1.29, 1.82) is 0 Å². The van der Waals surface area contributed by atoms with E-state index in [0.29, 0.717) is 12.0 Å². The lowest BCUT2D eigenvalue weighted by atomic mass is 9.88. The summed E-state index contributed by atoms with van der Waals surface area (Å²) in [6, 6.07) is 8.42. The molecule has 1 aliphatic carbocycles. The second-order valence-corrected chi connectivity index (χ2v) is 6.36. The van der Waals surface area contributed by atoms with Crippen molar-refractivity contribution >= 4 is 0 Å². The molecule has 2 heteroatoms. The first-order valence-electron chi connectivity index (χ1n) is 8.22. The van der Waals surface area contributed by atoms with Crippen LogP contribution >= 0.6 is 0 Å². The van der Waals surface area contributed by atoms with Crippen LogP contribution in [0.1, 0.15) is 62.2 Å². The van der Waals surface area contributed by atoms with E-state index in [0.717, 1.165) is 25.9 Å². The van der Waals surface area contributed by atoms with Crippen LogP contribution in [0.2, 0.25) is 0 Å². The van der Waals surface area contributed by atoms with Crippen molar-refractivity contribution in [2.24, 2.45) is 5.92 Å². The molecule has 0 saturated carbocycles. The Balaban J connectivity index is 1.56. The van der Waals surface area contributed by atoms with Gasteiger partial charge in [0.2, 0.25) is 0 Å². The molecule has 0 radical (unpaired) electrons. The monoisotopic (exact) mass is 274 g/mol. The first kappa shape index (κ1) is 14.1. The minimum Gasteiger partial charge on any atom is -0.388 e. The number of benzene rings is 1. The molecule has 2 aliphatic rings. The van der Waals surface area contributed by atoms with Gasteiger partial charge in [-0.05, 0) is 62.0 Å². The van der Waals surface area contributed by atoms with E-state index in [1.807, 2.05) is 0 Å². The van der Waals surface area contributed by atoms with Crippen LogP contribution in [0.15, 0.2) is 24.3 Å². The summed E-state index contributed by atoms with van der Waals surface area (Å²) in [7, 11) is 0. The van der Waals surface area contributed by atoms with Crippen LogP contribution in [-0.4, -0.2) is 17.8 Å². The lowest BCUT2D eigenvalue weighted by molar-refractivity contribution is 0.0820. The summed E-state index contributed by atoms with van der Waals surface area (Å²) in [6.07, 6.45) is 9.66. The Hall–Kier alpha value is -0.860. The van der Waals surface area contributed by atoms with Gasteiger partial charge in [0.15, 0.2) is 0 Å². The number of fused-ring (bicyclic) bond motifs is 1. The standard InChI is InChI=1S/C18H26O2/c19-18-15(9-4-10-16-11-5-13-20-16)8-3-7-14-6-1-2-12-17(14)18/h1-2,6,12,15-16,18-19H,3-5,7-11,13H2. The molecule has 1 aromatic rings. The Morgan fingerprint density at radius 3 is 2.85 bits per heavy atom. The van der Waals surface area contributed by atoms with Crippen LogP contribution in [0.4, 0.5) is 0 Å². The van der Waals surface area contributed by atoms with E-state index in [1.165, 1.54) is 43.2 Å². The van der Waals surface area contributed by atoms with E-state index < -0.39 is 0 Å². The average Bonchev–Trinajstić information content (AvgIpc) is 2.93. The van der Waals surface area contributed by atoms with Gasteiger partial charge in [0, 0.05) is 6.61 Å². The van der Waals surface area contributed by atoms with Crippen molar-refractivity contribution < 1.29 is 9.84 Å². The van der Waals surface area contributed by atoms with E-state index in [9.17, 15) is 5.11 Å². The molecule has 1 N–H and O–H groups in total. The van der Waals surface area contributed by atoms with E-state index in [2.05, 4.69) is 24.3 Å². The largest absolute Gasteiger partial charge is 0.388 e. The van der Waals surface area contributed by atoms with Gasteiger partial charge < -0.3 is 9.84 Å². The molecular weight excluding hydrogens is 248 g/mol. The predicted octanol–water partition coefficient (Wildman–Crippen LogP) is 4.02. The third-order valence-corrected chi connectivity index (χ3v) is 4.97. The maximum absolute atomic E-state index is 10.7. The summed E-state index contributed by atoms with van der Waals surface area (Å²) in [4.78, 5) is 0. The zero-order chi connectivity index (χ0) is 13.8. The predicted molar refractivity (Wildman–Crippen MR) is 80.7 cm³/mol. The minimum absolute atomic E-state index is 0.266. The molecule has 1 aliphatic heterocycles. The molecule has 2 nitrogen and oxygen atoms in total. The smallest absolute Gasteiger partial charge is 0.0820 e. The van der Waals surface area contributed by atoms with Crippen molar-refractivity contribution in [1.82, 2.24) is 0 Å². The summed E-state index contributed by atoms with van der Waals surface area (Å²) in [6.45, 7) is 0.949. The first-order valence-corrected chi connectivity index (χ1v) is 8.22. The molecule has 1 heterocycles. The third kappa shape index (κ3) is 3.24. The van der Waals surface area contributed by atoms with Gasteiger partial charge in [-0.3, -0.25) is 0 Å². The molecule has 0 bridgehead atoms. The number of aliphatic hydroxyl groups is 1. The maximum atomic E-state index is 10.7. The fourth-order valence-electron chi connectivity index (χ4n) is 3.80. The van der Waals surface area contributed by atoms with Crippen molar-refractivity contribution in [3.63, 3.8) is 0 Å². The van der Waals surface area contributed by atoms with Crippen molar-refractivity contribution in [2.45, 2.75) is 63.6 Å². The molecule has 110 valence electrons. The van der Waals surface area contributed by atoms with Crippen LogP contribution in [0.5, 0.6) is 0 Å². The molecular formula is C18H26O2. The summed E-state index contributed by atoms with van der Waals surface area (Å²) >= 11 is 0. The van der Waals surface area contributed by atoms with E-state index in [4.69, 9.17) is 4.74 Å². The Kier molecular flexibility index (Phi) is 4.74. The summed E-state index contributed by atoms with van der Waals surface area (Å²) < 4.78 is 5.69. The highest BCUT2D eigenvalue weighted by Crippen LogP contribution is 2.36. The van der Waals surface area contributed by atoms with Crippen molar-refractivity contribution in [3.8, 4) is 0 Å². The lowest BCUT2D eigenvalue weighted by Gasteiger charge is -2.22. The Bertz CT molecular complexity index is 423. The highest BCUT2D eigenvalue weighted by molar-refractivity contribution is 5.30. The number of aliphatic hydroxyl groups excluding tert-OH is 1. The van der Waals surface area contributed by atoms with Gasteiger partial charge in [0.05, 0.1) is 12.2 Å². The van der Waals surface area contributed by atoms with Crippen LogP contribution in [0.25, 0.3) is 0 Å². The Morgan fingerprint density at radius 2 is 2.00 bits per heavy atom. The molecule has 1 aromatic carbocycles. The van der Waals surface area contributed by atoms with Crippen molar-refractivity contribution in [2.75, 3.05) is 6.61 Å². The molecule has 3 atom stereocenters. The number of hydrogen-bond donors (Lipinski definition) is 1. The second-order valence-electron chi connectivity index (χ2n) is 6.36. The van der Waals surface area contributed by atoms with Gasteiger partial charge in [0.25, 0.3) is 0 Å². The number of hydrogen-bond acceptors (Lipinski definition) is 2. The third-order valence-electron chi connectivity index (χ3n) is 4.97. The van der Waals surface area contributed by atoms with Gasteiger partial charge in [-0.1, -0.05) is 30.7 Å². The molecule has 0 amide bonds. The van der Waals surface area contributed by atoms with Crippen LogP contribution in [-0.2, 0) is 11.2 Å². The molecule has 0 spiro atoms. The number of aryl methyl sites for hydroxylation is 1. The zero-order valence-electron chi connectivity index (χ0n) is 12.3. The normalized spacial score (nSPS) is 29.9. The number of rotatable bonds is 4. The SMILES string of the molecule is OC1c2ccccc2CCCC1CCCC1CCCO1. The van der Waals surface area contributed by atoms with E-state index in [-0.39, 0.29) is 6.10 Å². The minimum atomic E-state index is -0.266. The van der Waals surface area contributed by atoms with E-state index >= 15 is 0 Å². The average molecular weight is 274 g/mol. The fraction of sp³-hybridized carbons (Fsp3) is 0.667. The highest BCUT2D eigenvalue weighted by Gasteiger charge is 2.26. The van der Waals surface area contributed by atoms with Gasteiger partial charge in [-0.2, -0.15) is 0 Å². The molecule has 0 aromatic heterocycles. The Morgan fingerprint density at radius 1 is 1.10 bits per heavy atom. The topological polar surface area (TPSA) is 29.5 Å².